The molecule has 1 atom stereocenters. The Morgan fingerprint density at radius 3 is 2.67 bits per heavy atom. The van der Waals surface area contributed by atoms with Crippen molar-refractivity contribution in [2.24, 2.45) is 0 Å². The third-order valence-electron chi connectivity index (χ3n) is 3.85. The summed E-state index contributed by atoms with van der Waals surface area (Å²) in [5, 5.41) is 2.98. The Labute approximate surface area is 137 Å². The number of amides is 1. The van der Waals surface area contributed by atoms with Crippen molar-refractivity contribution in [3.05, 3.63) is 71.0 Å². The molecule has 0 aliphatic heterocycles. The predicted molar refractivity (Wildman–Crippen MR) is 90.4 cm³/mol. The number of hydrogen-bond acceptors (Lipinski definition) is 3. The molecule has 24 heavy (non-hydrogen) atoms. The van der Waals surface area contributed by atoms with E-state index >= 15 is 0 Å². The predicted octanol–water partition coefficient (Wildman–Crippen LogP) is 3.13. The summed E-state index contributed by atoms with van der Waals surface area (Å²) in [6, 6.07) is 12.1. The number of benzene rings is 2. The van der Waals surface area contributed by atoms with Crippen LogP contribution in [-0.2, 0) is 4.79 Å². The van der Waals surface area contributed by atoms with Gasteiger partial charge in [-0.3, -0.25) is 14.2 Å². The van der Waals surface area contributed by atoms with Crippen molar-refractivity contribution < 1.29 is 9.18 Å². The summed E-state index contributed by atoms with van der Waals surface area (Å²) in [7, 11) is 0. The van der Waals surface area contributed by atoms with Crippen molar-refractivity contribution in [2.75, 3.05) is 5.32 Å². The fraction of sp³-hybridized carbons (Fsp3) is 0.167. The minimum atomic E-state index is -0.769. The van der Waals surface area contributed by atoms with Crippen molar-refractivity contribution in [1.29, 1.82) is 0 Å². The summed E-state index contributed by atoms with van der Waals surface area (Å²) in [6.45, 7) is 1.78. The van der Waals surface area contributed by atoms with Gasteiger partial charge in [0, 0.05) is 0 Å². The van der Waals surface area contributed by atoms with Gasteiger partial charge in [-0.2, -0.15) is 0 Å². The van der Waals surface area contributed by atoms with Gasteiger partial charge in [-0.15, -0.1) is 0 Å². The number of nitrogens with one attached hydrogen (secondary N) is 1. The van der Waals surface area contributed by atoms with Crippen LogP contribution in [0, 0.1) is 5.82 Å². The fourth-order valence-corrected chi connectivity index (χ4v) is 2.59. The number of para-hydroxylation sites is 2. The molecule has 3 aromatic rings. The van der Waals surface area contributed by atoms with Crippen LogP contribution in [0.4, 0.5) is 10.1 Å². The molecular weight excluding hydrogens is 309 g/mol. The quantitative estimate of drug-likeness (QED) is 0.801. The number of anilines is 1. The largest absolute Gasteiger partial charge is 0.322 e. The highest BCUT2D eigenvalue weighted by atomic mass is 19.1. The van der Waals surface area contributed by atoms with E-state index in [-0.39, 0.29) is 11.2 Å². The second kappa shape index (κ2) is 6.62. The zero-order valence-electron chi connectivity index (χ0n) is 13.1. The minimum absolute atomic E-state index is 0.0859. The number of halogens is 1. The summed E-state index contributed by atoms with van der Waals surface area (Å²) in [5.74, 6) is -0.980. The number of aromatic nitrogens is 2. The van der Waals surface area contributed by atoms with Gasteiger partial charge in [0.05, 0.1) is 22.9 Å². The third kappa shape index (κ3) is 2.90. The Kier molecular flexibility index (Phi) is 4.37. The van der Waals surface area contributed by atoms with Gasteiger partial charge in [0.15, 0.2) is 0 Å². The van der Waals surface area contributed by atoms with Crippen molar-refractivity contribution >= 4 is 22.5 Å². The van der Waals surface area contributed by atoms with Crippen LogP contribution in [0.5, 0.6) is 0 Å². The number of hydrogen-bond donors (Lipinski definition) is 1. The van der Waals surface area contributed by atoms with E-state index in [0.717, 1.165) is 0 Å². The van der Waals surface area contributed by atoms with Crippen LogP contribution in [-0.4, -0.2) is 15.5 Å². The molecule has 0 radical (unpaired) electrons. The molecule has 1 amide bonds. The molecule has 122 valence electrons. The second-order valence-corrected chi connectivity index (χ2v) is 5.37. The number of nitrogens with zero attached hydrogens (tertiary/aromatic N) is 2. The Morgan fingerprint density at radius 1 is 1.21 bits per heavy atom. The van der Waals surface area contributed by atoms with Gasteiger partial charge in [0.1, 0.15) is 11.9 Å². The molecule has 0 bridgehead atoms. The lowest BCUT2D eigenvalue weighted by Gasteiger charge is -2.18. The summed E-state index contributed by atoms with van der Waals surface area (Å²) < 4.78 is 15.0. The second-order valence-electron chi connectivity index (χ2n) is 5.37. The highest BCUT2D eigenvalue weighted by Crippen LogP contribution is 2.17. The molecule has 0 aliphatic rings. The third-order valence-corrected chi connectivity index (χ3v) is 3.85. The Balaban J connectivity index is 1.97. The number of fused-ring (bicyclic) bond motifs is 1. The topological polar surface area (TPSA) is 64.0 Å². The van der Waals surface area contributed by atoms with Crippen LogP contribution >= 0.6 is 0 Å². The van der Waals surface area contributed by atoms with Gasteiger partial charge in [0.25, 0.3) is 5.56 Å². The number of carbonyl (C=O) groups excluding carboxylic acids is 1. The van der Waals surface area contributed by atoms with Crippen LogP contribution in [0.2, 0.25) is 0 Å². The summed E-state index contributed by atoms with van der Waals surface area (Å²) in [6.07, 6.45) is 1.74. The molecule has 5 nitrogen and oxygen atoms in total. The maximum Gasteiger partial charge on any atom is 0.261 e. The summed E-state index contributed by atoms with van der Waals surface area (Å²) in [5.41, 5.74) is 0.363. The highest BCUT2D eigenvalue weighted by Gasteiger charge is 2.21. The van der Waals surface area contributed by atoms with Crippen molar-refractivity contribution in [2.45, 2.75) is 19.4 Å². The molecule has 0 saturated carbocycles. The van der Waals surface area contributed by atoms with E-state index in [2.05, 4.69) is 10.3 Å². The van der Waals surface area contributed by atoms with Gasteiger partial charge in [0.2, 0.25) is 5.91 Å². The van der Waals surface area contributed by atoms with Gasteiger partial charge in [-0.05, 0) is 30.7 Å². The first-order valence-corrected chi connectivity index (χ1v) is 7.63. The Bertz CT molecular complexity index is 952. The van der Waals surface area contributed by atoms with E-state index in [9.17, 15) is 14.0 Å². The van der Waals surface area contributed by atoms with E-state index in [1.807, 2.05) is 0 Å². The molecule has 3 rings (SSSR count). The average Bonchev–Trinajstić information content (AvgIpc) is 2.60. The molecule has 6 heteroatoms. The van der Waals surface area contributed by atoms with E-state index in [1.165, 1.54) is 23.0 Å². The zero-order valence-corrected chi connectivity index (χ0v) is 13.1. The average molecular weight is 325 g/mol. The zero-order chi connectivity index (χ0) is 17.1. The first-order chi connectivity index (χ1) is 11.6. The lowest BCUT2D eigenvalue weighted by Crippen LogP contribution is -2.33. The Hall–Kier alpha value is -3.02. The summed E-state index contributed by atoms with van der Waals surface area (Å²) in [4.78, 5) is 29.4. The SMILES string of the molecule is CC[C@H](C(=O)Nc1ccccc1F)n1cnc2ccccc2c1=O. The number of rotatable bonds is 4. The minimum Gasteiger partial charge on any atom is -0.322 e. The van der Waals surface area contributed by atoms with Crippen LogP contribution in [0.25, 0.3) is 10.9 Å². The van der Waals surface area contributed by atoms with E-state index < -0.39 is 17.8 Å². The van der Waals surface area contributed by atoms with E-state index in [0.29, 0.717) is 17.3 Å². The molecule has 0 spiro atoms. The van der Waals surface area contributed by atoms with Gasteiger partial charge in [-0.1, -0.05) is 31.2 Å². The molecule has 1 aromatic heterocycles. The molecule has 1 N–H and O–H groups in total. The first-order valence-electron chi connectivity index (χ1n) is 7.63. The monoisotopic (exact) mass is 325 g/mol. The van der Waals surface area contributed by atoms with Crippen molar-refractivity contribution in [1.82, 2.24) is 9.55 Å². The summed E-state index contributed by atoms with van der Waals surface area (Å²) >= 11 is 0. The lowest BCUT2D eigenvalue weighted by atomic mass is 10.1. The smallest absolute Gasteiger partial charge is 0.261 e. The molecule has 0 saturated heterocycles. The van der Waals surface area contributed by atoms with E-state index in [1.54, 1.807) is 43.3 Å². The highest BCUT2D eigenvalue weighted by molar-refractivity contribution is 5.94. The van der Waals surface area contributed by atoms with Crippen LogP contribution < -0.4 is 10.9 Å². The van der Waals surface area contributed by atoms with Crippen LogP contribution in [0.1, 0.15) is 19.4 Å². The first kappa shape index (κ1) is 15.9. The van der Waals surface area contributed by atoms with Gasteiger partial charge >= 0.3 is 0 Å². The van der Waals surface area contributed by atoms with Crippen LogP contribution in [0.3, 0.4) is 0 Å². The van der Waals surface area contributed by atoms with Crippen molar-refractivity contribution in [3.8, 4) is 0 Å². The molecule has 0 aliphatic carbocycles. The van der Waals surface area contributed by atoms with Crippen LogP contribution in [0.15, 0.2) is 59.7 Å². The Morgan fingerprint density at radius 2 is 1.92 bits per heavy atom. The van der Waals surface area contributed by atoms with Gasteiger partial charge < -0.3 is 5.32 Å². The maximum atomic E-state index is 13.7. The standard InChI is InChI=1S/C18H16FN3O2/c1-2-16(17(23)21-15-10-6-4-8-13(15)19)22-11-20-14-9-5-3-7-12(14)18(22)24/h3-11,16H,2H2,1H3,(H,21,23)/t16-/m1/s1. The lowest BCUT2D eigenvalue weighted by molar-refractivity contribution is -0.119. The van der Waals surface area contributed by atoms with Crippen molar-refractivity contribution in [3.63, 3.8) is 0 Å². The molecule has 1 heterocycles. The maximum absolute atomic E-state index is 13.7. The molecular formula is C18H16FN3O2. The van der Waals surface area contributed by atoms with E-state index in [4.69, 9.17) is 0 Å². The fourth-order valence-electron chi connectivity index (χ4n) is 2.59. The van der Waals surface area contributed by atoms with Gasteiger partial charge in [-0.25, -0.2) is 9.37 Å². The molecule has 0 unspecified atom stereocenters. The number of carbonyl (C=O) groups is 1. The molecule has 0 fully saturated rings. The normalized spacial score (nSPS) is 12.1. The molecule has 2 aromatic carbocycles.